The molecule has 0 saturated carbocycles. The largest absolute Gasteiger partial charge is 0.497 e. The van der Waals surface area contributed by atoms with Crippen LogP contribution in [0.25, 0.3) is 5.69 Å². The van der Waals surface area contributed by atoms with Gasteiger partial charge in [0.2, 0.25) is 0 Å². The number of carbonyl (C=O) groups is 2. The predicted octanol–water partition coefficient (Wildman–Crippen LogP) is 2.92. The Morgan fingerprint density at radius 1 is 1.29 bits per heavy atom. The predicted molar refractivity (Wildman–Crippen MR) is 89.8 cm³/mol. The van der Waals surface area contributed by atoms with Gasteiger partial charge >= 0.3 is 5.97 Å². The summed E-state index contributed by atoms with van der Waals surface area (Å²) in [5.74, 6) is 0.288. The molecule has 1 aromatic carbocycles. The Bertz CT molecular complexity index is 717. The standard InChI is InChI=1S/C18H22N2O4/c1-5-24-17(22)15-12-19-20(16(15)18(2,3)10-11-21)13-6-8-14(23-4)9-7-13/h6-9,11-12H,5,10H2,1-4H3. The average molecular weight is 330 g/mol. The second-order valence-corrected chi connectivity index (χ2v) is 5.99. The lowest BCUT2D eigenvalue weighted by Crippen LogP contribution is -2.25. The van der Waals surface area contributed by atoms with E-state index in [0.29, 0.717) is 11.3 Å². The summed E-state index contributed by atoms with van der Waals surface area (Å²) < 4.78 is 12.0. The molecule has 0 aliphatic carbocycles. The van der Waals surface area contributed by atoms with Crippen LogP contribution in [-0.2, 0) is 14.9 Å². The lowest BCUT2D eigenvalue weighted by molar-refractivity contribution is -0.108. The summed E-state index contributed by atoms with van der Waals surface area (Å²) >= 11 is 0. The molecule has 2 rings (SSSR count). The number of ether oxygens (including phenoxy) is 2. The normalized spacial score (nSPS) is 11.2. The summed E-state index contributed by atoms with van der Waals surface area (Å²) in [5.41, 5.74) is 1.23. The van der Waals surface area contributed by atoms with Crippen molar-refractivity contribution in [1.29, 1.82) is 0 Å². The summed E-state index contributed by atoms with van der Waals surface area (Å²) in [4.78, 5) is 23.4. The van der Waals surface area contributed by atoms with Crippen LogP contribution >= 0.6 is 0 Å². The highest BCUT2D eigenvalue weighted by atomic mass is 16.5. The average Bonchev–Trinajstić information content (AvgIpc) is 3.01. The van der Waals surface area contributed by atoms with Gasteiger partial charge in [0.15, 0.2) is 0 Å². The minimum Gasteiger partial charge on any atom is -0.497 e. The second-order valence-electron chi connectivity index (χ2n) is 5.99. The minimum atomic E-state index is -0.569. The molecule has 2 aromatic rings. The SMILES string of the molecule is CCOC(=O)c1cnn(-c2ccc(OC)cc2)c1C(C)(C)CC=O. The van der Waals surface area contributed by atoms with E-state index in [1.165, 1.54) is 6.20 Å². The van der Waals surface area contributed by atoms with Crippen LogP contribution in [-0.4, -0.2) is 35.8 Å². The lowest BCUT2D eigenvalue weighted by Gasteiger charge is -2.25. The number of aldehydes is 1. The molecule has 0 spiro atoms. The zero-order chi connectivity index (χ0) is 17.7. The molecule has 1 heterocycles. The smallest absolute Gasteiger partial charge is 0.341 e. The first-order valence-corrected chi connectivity index (χ1v) is 7.78. The van der Waals surface area contributed by atoms with Gasteiger partial charge in [-0.05, 0) is 31.2 Å². The fourth-order valence-electron chi connectivity index (χ4n) is 2.58. The molecule has 1 aromatic heterocycles. The van der Waals surface area contributed by atoms with Crippen LogP contribution < -0.4 is 4.74 Å². The molecule has 0 radical (unpaired) electrons. The van der Waals surface area contributed by atoms with Crippen LogP contribution in [0.2, 0.25) is 0 Å². The number of rotatable bonds is 7. The molecule has 0 fully saturated rings. The van der Waals surface area contributed by atoms with E-state index in [1.807, 2.05) is 38.1 Å². The highest BCUT2D eigenvalue weighted by molar-refractivity contribution is 5.91. The van der Waals surface area contributed by atoms with E-state index in [1.54, 1.807) is 18.7 Å². The topological polar surface area (TPSA) is 70.4 Å². The van der Waals surface area contributed by atoms with Crippen molar-refractivity contribution >= 4 is 12.3 Å². The third-order valence-electron chi connectivity index (χ3n) is 3.82. The minimum absolute atomic E-state index is 0.265. The van der Waals surface area contributed by atoms with Gasteiger partial charge in [-0.25, -0.2) is 9.48 Å². The van der Waals surface area contributed by atoms with Crippen LogP contribution in [0.15, 0.2) is 30.5 Å². The van der Waals surface area contributed by atoms with Gasteiger partial charge in [0.1, 0.15) is 17.6 Å². The van der Waals surface area contributed by atoms with E-state index in [0.717, 1.165) is 17.7 Å². The van der Waals surface area contributed by atoms with E-state index >= 15 is 0 Å². The van der Waals surface area contributed by atoms with Crippen LogP contribution in [0.1, 0.15) is 43.2 Å². The van der Waals surface area contributed by atoms with E-state index in [9.17, 15) is 9.59 Å². The Balaban J connectivity index is 2.58. The molecule has 0 atom stereocenters. The molecule has 6 nitrogen and oxygen atoms in total. The van der Waals surface area contributed by atoms with Crippen LogP contribution in [0.5, 0.6) is 5.75 Å². The fraction of sp³-hybridized carbons (Fsp3) is 0.389. The molecule has 0 N–H and O–H groups in total. The summed E-state index contributed by atoms with van der Waals surface area (Å²) in [6.07, 6.45) is 2.60. The number of nitrogens with zero attached hydrogens (tertiary/aromatic N) is 2. The van der Waals surface area contributed by atoms with E-state index < -0.39 is 11.4 Å². The van der Waals surface area contributed by atoms with Gasteiger partial charge in [0.25, 0.3) is 0 Å². The zero-order valence-electron chi connectivity index (χ0n) is 14.4. The molecular formula is C18H22N2O4. The highest BCUT2D eigenvalue weighted by Crippen LogP contribution is 2.32. The molecule has 128 valence electrons. The Hall–Kier alpha value is -2.63. The Labute approximate surface area is 141 Å². The van der Waals surface area contributed by atoms with Crippen molar-refractivity contribution in [2.24, 2.45) is 0 Å². The zero-order valence-corrected chi connectivity index (χ0v) is 14.4. The van der Waals surface area contributed by atoms with Crippen molar-refractivity contribution in [2.75, 3.05) is 13.7 Å². The van der Waals surface area contributed by atoms with E-state index in [2.05, 4.69) is 5.10 Å². The molecule has 24 heavy (non-hydrogen) atoms. The first-order chi connectivity index (χ1) is 11.4. The van der Waals surface area contributed by atoms with Crippen molar-refractivity contribution in [2.45, 2.75) is 32.6 Å². The van der Waals surface area contributed by atoms with E-state index in [4.69, 9.17) is 9.47 Å². The molecule has 6 heteroatoms. The first kappa shape index (κ1) is 17.7. The number of hydrogen-bond acceptors (Lipinski definition) is 5. The van der Waals surface area contributed by atoms with Gasteiger partial charge < -0.3 is 14.3 Å². The number of benzene rings is 1. The van der Waals surface area contributed by atoms with Crippen molar-refractivity contribution in [1.82, 2.24) is 9.78 Å². The fourth-order valence-corrected chi connectivity index (χ4v) is 2.58. The number of carbonyl (C=O) groups excluding carboxylic acids is 2. The van der Waals surface area contributed by atoms with Crippen molar-refractivity contribution in [3.63, 3.8) is 0 Å². The van der Waals surface area contributed by atoms with Gasteiger partial charge in [0, 0.05) is 11.8 Å². The van der Waals surface area contributed by atoms with Crippen LogP contribution in [0.3, 0.4) is 0 Å². The van der Waals surface area contributed by atoms with Gasteiger partial charge in [0.05, 0.1) is 31.3 Å². The molecular weight excluding hydrogens is 308 g/mol. The van der Waals surface area contributed by atoms with Gasteiger partial charge in [-0.2, -0.15) is 5.10 Å². The molecule has 0 unspecified atom stereocenters. The number of methoxy groups -OCH3 is 1. The lowest BCUT2D eigenvalue weighted by atomic mass is 9.84. The summed E-state index contributed by atoms with van der Waals surface area (Å²) in [6, 6.07) is 7.33. The monoisotopic (exact) mass is 330 g/mol. The third kappa shape index (κ3) is 3.48. The first-order valence-electron chi connectivity index (χ1n) is 7.78. The van der Waals surface area contributed by atoms with Gasteiger partial charge in [-0.3, -0.25) is 0 Å². The summed E-state index contributed by atoms with van der Waals surface area (Å²) in [6.45, 7) is 5.84. The maximum Gasteiger partial charge on any atom is 0.341 e. The van der Waals surface area contributed by atoms with Gasteiger partial charge in [-0.1, -0.05) is 13.8 Å². The maximum atomic E-state index is 12.3. The van der Waals surface area contributed by atoms with Crippen LogP contribution in [0.4, 0.5) is 0 Å². The van der Waals surface area contributed by atoms with Crippen LogP contribution in [0, 0.1) is 0 Å². The summed E-state index contributed by atoms with van der Waals surface area (Å²) in [5, 5.41) is 4.35. The molecule has 0 bridgehead atoms. The van der Waals surface area contributed by atoms with Crippen molar-refractivity contribution in [3.8, 4) is 11.4 Å². The molecule has 0 aliphatic heterocycles. The quantitative estimate of drug-likeness (QED) is 0.576. The third-order valence-corrected chi connectivity index (χ3v) is 3.82. The number of aromatic nitrogens is 2. The van der Waals surface area contributed by atoms with Crippen molar-refractivity contribution in [3.05, 3.63) is 41.7 Å². The highest BCUT2D eigenvalue weighted by Gasteiger charge is 2.32. The molecule has 0 aliphatic rings. The molecule has 0 amide bonds. The maximum absolute atomic E-state index is 12.3. The van der Waals surface area contributed by atoms with E-state index in [-0.39, 0.29) is 13.0 Å². The summed E-state index contributed by atoms with van der Waals surface area (Å²) in [7, 11) is 1.60. The molecule has 0 saturated heterocycles. The Kier molecular flexibility index (Phi) is 5.39. The van der Waals surface area contributed by atoms with Crippen molar-refractivity contribution < 1.29 is 19.1 Å². The number of esters is 1. The van der Waals surface area contributed by atoms with Gasteiger partial charge in [-0.15, -0.1) is 0 Å². The Morgan fingerprint density at radius 2 is 1.96 bits per heavy atom. The number of hydrogen-bond donors (Lipinski definition) is 0. The Morgan fingerprint density at radius 3 is 2.50 bits per heavy atom. The second kappa shape index (κ2) is 7.29.